The van der Waals surface area contributed by atoms with E-state index in [1.165, 1.54) is 16.9 Å². The number of nitriles is 1. The van der Waals surface area contributed by atoms with Crippen LogP contribution in [0.3, 0.4) is 0 Å². The summed E-state index contributed by atoms with van der Waals surface area (Å²) in [6.07, 6.45) is 2.14. The molecule has 3 heteroatoms. The average Bonchev–Trinajstić information content (AvgIpc) is 2.63. The molecule has 2 aliphatic heterocycles. The number of fused-ring (bicyclic) bond motifs is 2. The molecule has 2 aliphatic rings. The fourth-order valence-electron chi connectivity index (χ4n) is 3.31. The monoisotopic (exact) mass is 239 g/mol. The van der Waals surface area contributed by atoms with E-state index in [2.05, 4.69) is 42.0 Å². The van der Waals surface area contributed by atoms with Gasteiger partial charge >= 0.3 is 0 Å². The first-order valence-corrected chi connectivity index (χ1v) is 6.37. The van der Waals surface area contributed by atoms with Gasteiger partial charge in [0.1, 0.15) is 0 Å². The predicted molar refractivity (Wildman–Crippen MR) is 72.5 cm³/mol. The van der Waals surface area contributed by atoms with E-state index in [1.54, 1.807) is 0 Å². The maximum Gasteiger partial charge on any atom is 0.0991 e. The average molecular weight is 239 g/mol. The van der Waals surface area contributed by atoms with Crippen molar-refractivity contribution in [1.29, 1.82) is 5.26 Å². The molecule has 1 aromatic rings. The topological polar surface area (TPSA) is 39.1 Å². The Labute approximate surface area is 108 Å². The summed E-state index contributed by atoms with van der Waals surface area (Å²) in [5.74, 6) is 0. The van der Waals surface area contributed by atoms with Gasteiger partial charge in [-0.25, -0.2) is 0 Å². The lowest BCUT2D eigenvalue weighted by Gasteiger charge is -2.36. The number of piperidine rings is 1. The van der Waals surface area contributed by atoms with Gasteiger partial charge in [0.05, 0.1) is 11.6 Å². The smallest absolute Gasteiger partial charge is 0.0991 e. The quantitative estimate of drug-likeness (QED) is 0.754. The number of allylic oxidation sites excluding steroid dienone is 1. The maximum absolute atomic E-state index is 9.09. The minimum Gasteiger partial charge on any atom is -0.348 e. The van der Waals surface area contributed by atoms with Crippen LogP contribution < -0.4 is 10.2 Å². The minimum atomic E-state index is 0.0438. The van der Waals surface area contributed by atoms with E-state index in [9.17, 15) is 0 Å². The highest BCUT2D eigenvalue weighted by molar-refractivity contribution is 5.71. The fraction of sp³-hybridized carbons (Fsp3) is 0.400. The number of nitrogens with one attached hydrogen (secondary N) is 1. The third-order valence-corrected chi connectivity index (χ3v) is 4.42. The summed E-state index contributed by atoms with van der Waals surface area (Å²) < 4.78 is 0. The van der Waals surface area contributed by atoms with E-state index >= 15 is 0 Å². The normalized spacial score (nSPS) is 20.9. The molecule has 0 bridgehead atoms. The summed E-state index contributed by atoms with van der Waals surface area (Å²) in [5.41, 5.74) is 4.46. The summed E-state index contributed by atoms with van der Waals surface area (Å²) in [7, 11) is 2.07. The summed E-state index contributed by atoms with van der Waals surface area (Å²) >= 11 is 0. The van der Waals surface area contributed by atoms with Crippen molar-refractivity contribution in [2.75, 3.05) is 25.0 Å². The van der Waals surface area contributed by atoms with Crippen LogP contribution in [0.25, 0.3) is 0 Å². The molecule has 3 nitrogen and oxygen atoms in total. The largest absolute Gasteiger partial charge is 0.348 e. The molecule has 1 saturated heterocycles. The van der Waals surface area contributed by atoms with Crippen molar-refractivity contribution >= 4 is 5.69 Å². The van der Waals surface area contributed by atoms with Gasteiger partial charge in [0.15, 0.2) is 0 Å². The molecule has 18 heavy (non-hydrogen) atoms. The van der Waals surface area contributed by atoms with E-state index in [0.29, 0.717) is 0 Å². The Bertz CT molecular complexity index is 547. The Morgan fingerprint density at radius 2 is 2.11 bits per heavy atom. The number of hydrogen-bond donors (Lipinski definition) is 1. The lowest BCUT2D eigenvalue weighted by molar-refractivity contribution is 0.363. The molecule has 1 N–H and O–H groups in total. The van der Waals surface area contributed by atoms with E-state index in [1.807, 2.05) is 6.07 Å². The van der Waals surface area contributed by atoms with Gasteiger partial charge in [-0.15, -0.1) is 0 Å². The van der Waals surface area contributed by atoms with E-state index < -0.39 is 0 Å². The zero-order valence-corrected chi connectivity index (χ0v) is 10.7. The molecule has 0 amide bonds. The Kier molecular flexibility index (Phi) is 2.42. The van der Waals surface area contributed by atoms with Crippen molar-refractivity contribution in [2.24, 2.45) is 0 Å². The van der Waals surface area contributed by atoms with E-state index in [-0.39, 0.29) is 5.41 Å². The van der Waals surface area contributed by atoms with Gasteiger partial charge in [-0.2, -0.15) is 5.26 Å². The number of benzene rings is 1. The van der Waals surface area contributed by atoms with Gasteiger partial charge in [0.2, 0.25) is 0 Å². The van der Waals surface area contributed by atoms with E-state index in [0.717, 1.165) is 31.5 Å². The zero-order chi connectivity index (χ0) is 12.8. The molecule has 1 spiro atoms. The highest BCUT2D eigenvalue weighted by Crippen LogP contribution is 2.51. The molecule has 0 radical (unpaired) electrons. The Balaban J connectivity index is 2.18. The second kappa shape index (κ2) is 3.86. The fourth-order valence-corrected chi connectivity index (χ4v) is 3.31. The highest BCUT2D eigenvalue weighted by atomic mass is 15.2. The second-order valence-corrected chi connectivity index (χ2v) is 5.18. The van der Waals surface area contributed by atoms with Crippen molar-refractivity contribution in [3.05, 3.63) is 41.6 Å². The van der Waals surface area contributed by atoms with Gasteiger partial charge in [0, 0.05) is 23.8 Å². The van der Waals surface area contributed by atoms with Crippen LogP contribution in [0, 0.1) is 11.3 Å². The van der Waals surface area contributed by atoms with Crippen LogP contribution in [0.1, 0.15) is 24.0 Å². The van der Waals surface area contributed by atoms with Gasteiger partial charge < -0.3 is 10.2 Å². The Morgan fingerprint density at radius 3 is 2.78 bits per heavy atom. The highest BCUT2D eigenvalue weighted by Gasteiger charge is 2.45. The SMILES string of the molecule is C=C1N(C)c2ccc(C#N)cc2C12CCNCC2. The van der Waals surface area contributed by atoms with Crippen molar-refractivity contribution in [3.63, 3.8) is 0 Å². The molecule has 0 saturated carbocycles. The number of anilines is 1. The van der Waals surface area contributed by atoms with Crippen molar-refractivity contribution < 1.29 is 0 Å². The molecule has 0 atom stereocenters. The van der Waals surface area contributed by atoms with E-state index in [4.69, 9.17) is 5.26 Å². The third kappa shape index (κ3) is 1.33. The summed E-state index contributed by atoms with van der Waals surface area (Å²) in [5, 5.41) is 12.5. The third-order valence-electron chi connectivity index (χ3n) is 4.42. The number of nitrogens with zero attached hydrogens (tertiary/aromatic N) is 2. The predicted octanol–water partition coefficient (Wildman–Crippen LogP) is 2.14. The number of hydrogen-bond acceptors (Lipinski definition) is 3. The first-order valence-electron chi connectivity index (χ1n) is 6.37. The molecule has 1 fully saturated rings. The molecule has 0 unspecified atom stereocenters. The van der Waals surface area contributed by atoms with Crippen LogP contribution in [0.15, 0.2) is 30.5 Å². The van der Waals surface area contributed by atoms with Crippen molar-refractivity contribution in [1.82, 2.24) is 5.32 Å². The molecule has 1 aromatic carbocycles. The van der Waals surface area contributed by atoms with Gasteiger partial charge in [-0.3, -0.25) is 0 Å². The Morgan fingerprint density at radius 1 is 1.39 bits per heavy atom. The molecule has 92 valence electrons. The standard InChI is InChI=1S/C15H17N3/c1-11-15(5-7-17-8-6-15)13-9-12(10-16)3-4-14(13)18(11)2/h3-4,9,17H,1,5-8H2,2H3. The van der Waals surface area contributed by atoms with Crippen LogP contribution in [0.4, 0.5) is 5.69 Å². The summed E-state index contributed by atoms with van der Waals surface area (Å²) in [6.45, 7) is 6.33. The van der Waals surface area contributed by atoms with Gasteiger partial charge in [-0.1, -0.05) is 6.58 Å². The Hall–Kier alpha value is -1.79. The van der Waals surface area contributed by atoms with Crippen LogP contribution in [-0.4, -0.2) is 20.1 Å². The molecule has 3 rings (SSSR count). The van der Waals surface area contributed by atoms with Gasteiger partial charge in [0.25, 0.3) is 0 Å². The van der Waals surface area contributed by atoms with Crippen molar-refractivity contribution in [3.8, 4) is 6.07 Å². The zero-order valence-electron chi connectivity index (χ0n) is 10.7. The first-order chi connectivity index (χ1) is 8.69. The van der Waals surface area contributed by atoms with Crippen LogP contribution in [0.5, 0.6) is 0 Å². The number of likely N-dealkylation sites (N-methyl/N-ethyl adjacent to an activating group) is 1. The molecule has 0 aromatic heterocycles. The molecular weight excluding hydrogens is 222 g/mol. The lowest BCUT2D eigenvalue weighted by atomic mass is 9.72. The lowest BCUT2D eigenvalue weighted by Crippen LogP contribution is -2.40. The first kappa shape index (κ1) is 11.3. The number of rotatable bonds is 0. The minimum absolute atomic E-state index is 0.0438. The van der Waals surface area contributed by atoms with Crippen LogP contribution in [-0.2, 0) is 5.41 Å². The second-order valence-electron chi connectivity index (χ2n) is 5.18. The van der Waals surface area contributed by atoms with Crippen LogP contribution >= 0.6 is 0 Å². The molecular formula is C15H17N3. The summed E-state index contributed by atoms with van der Waals surface area (Å²) in [4.78, 5) is 2.18. The molecule has 0 aliphatic carbocycles. The summed E-state index contributed by atoms with van der Waals surface area (Å²) in [6, 6.07) is 8.24. The van der Waals surface area contributed by atoms with Gasteiger partial charge in [-0.05, 0) is 49.7 Å². The van der Waals surface area contributed by atoms with Crippen molar-refractivity contribution in [2.45, 2.75) is 18.3 Å². The van der Waals surface area contributed by atoms with Crippen LogP contribution in [0.2, 0.25) is 0 Å². The molecule has 2 heterocycles. The maximum atomic E-state index is 9.09.